The molecular weight excluding hydrogens is 442 g/mol. The number of nitrogens with zero attached hydrogens (tertiary/aromatic N) is 4. The highest BCUT2D eigenvalue weighted by molar-refractivity contribution is 6.30. The Kier molecular flexibility index (Phi) is 6.85. The second-order valence-electron chi connectivity index (χ2n) is 8.53. The van der Waals surface area contributed by atoms with E-state index in [-0.39, 0.29) is 17.4 Å². The van der Waals surface area contributed by atoms with Crippen LogP contribution in [-0.4, -0.2) is 44.6 Å². The first-order chi connectivity index (χ1) is 15.8. The predicted octanol–water partition coefficient (Wildman–Crippen LogP) is 4.82. The summed E-state index contributed by atoms with van der Waals surface area (Å²) in [5.41, 5.74) is 3.00. The zero-order valence-corrected chi connectivity index (χ0v) is 19.4. The number of allylic oxidation sites excluding steroid dienone is 1. The van der Waals surface area contributed by atoms with E-state index in [0.29, 0.717) is 23.0 Å². The Morgan fingerprint density at radius 3 is 2.55 bits per heavy atom. The van der Waals surface area contributed by atoms with Gasteiger partial charge in [0.15, 0.2) is 0 Å². The molecule has 1 fully saturated rings. The van der Waals surface area contributed by atoms with E-state index in [1.807, 2.05) is 35.8 Å². The number of nitrogens with one attached hydrogen (secondary N) is 1. The number of likely N-dealkylation sites (tertiary alicyclic amines) is 1. The Morgan fingerprint density at radius 2 is 1.88 bits per heavy atom. The average molecular weight is 470 g/mol. The number of para-hydroxylation sites is 2. The van der Waals surface area contributed by atoms with Crippen molar-refractivity contribution in [3.8, 4) is 0 Å². The Morgan fingerprint density at radius 1 is 1.18 bits per heavy atom. The van der Waals surface area contributed by atoms with E-state index in [4.69, 9.17) is 11.6 Å². The number of hydrogen-bond donors (Lipinski definition) is 1. The maximum Gasteiger partial charge on any atom is 0.333 e. The fourth-order valence-corrected chi connectivity index (χ4v) is 4.71. The summed E-state index contributed by atoms with van der Waals surface area (Å²) in [6, 6.07) is 12.7. The van der Waals surface area contributed by atoms with E-state index in [9.17, 15) is 14.9 Å². The summed E-state index contributed by atoms with van der Waals surface area (Å²) in [6.45, 7) is 9.15. The lowest BCUT2D eigenvalue weighted by atomic mass is 10.0. The molecule has 9 heteroatoms. The fraction of sp³-hybridized carbons (Fsp3) is 0.375. The van der Waals surface area contributed by atoms with Crippen LogP contribution in [-0.2, 0) is 6.54 Å². The summed E-state index contributed by atoms with van der Waals surface area (Å²) >= 11 is 5.91. The van der Waals surface area contributed by atoms with Gasteiger partial charge in [0, 0.05) is 42.5 Å². The van der Waals surface area contributed by atoms with Crippen LogP contribution in [0.5, 0.6) is 0 Å². The summed E-state index contributed by atoms with van der Waals surface area (Å²) < 4.78 is 3.50. The molecule has 3 aromatic rings. The molecule has 0 radical (unpaired) electrons. The molecule has 1 N–H and O–H groups in total. The van der Waals surface area contributed by atoms with Gasteiger partial charge in [-0.15, -0.1) is 0 Å². The maximum absolute atomic E-state index is 12.9. The number of halogens is 1. The zero-order valence-electron chi connectivity index (χ0n) is 18.7. The van der Waals surface area contributed by atoms with Gasteiger partial charge in [-0.25, -0.2) is 4.79 Å². The van der Waals surface area contributed by atoms with Crippen molar-refractivity contribution in [1.29, 1.82) is 0 Å². The SMILES string of the molecule is C=C(C)n1c(=O)n(CCCN2CCC(Nc3ccc(Cl)cc3[N+](=O)[O-])CC2)c2ccccc21. The van der Waals surface area contributed by atoms with Gasteiger partial charge in [-0.3, -0.25) is 19.2 Å². The van der Waals surface area contributed by atoms with Gasteiger partial charge in [0.1, 0.15) is 5.69 Å². The third-order valence-corrected chi connectivity index (χ3v) is 6.41. The first kappa shape index (κ1) is 23.1. The second-order valence-corrected chi connectivity index (χ2v) is 8.96. The van der Waals surface area contributed by atoms with Crippen molar-refractivity contribution in [2.45, 2.75) is 38.8 Å². The fourth-order valence-electron chi connectivity index (χ4n) is 4.54. The molecule has 1 aliphatic heterocycles. The summed E-state index contributed by atoms with van der Waals surface area (Å²) in [5.74, 6) is 0. The smallest absolute Gasteiger partial charge is 0.333 e. The van der Waals surface area contributed by atoms with Gasteiger partial charge in [0.25, 0.3) is 5.69 Å². The molecule has 0 amide bonds. The molecule has 4 rings (SSSR count). The van der Waals surface area contributed by atoms with Crippen LogP contribution < -0.4 is 11.0 Å². The number of benzene rings is 2. The Hall–Kier alpha value is -3.10. The quantitative estimate of drug-likeness (QED) is 0.377. The molecule has 2 heterocycles. The molecule has 174 valence electrons. The number of nitro groups is 1. The molecule has 8 nitrogen and oxygen atoms in total. The highest BCUT2D eigenvalue weighted by Gasteiger charge is 2.22. The topological polar surface area (TPSA) is 85.3 Å². The summed E-state index contributed by atoms with van der Waals surface area (Å²) in [4.78, 5) is 26.2. The van der Waals surface area contributed by atoms with Gasteiger partial charge in [-0.1, -0.05) is 30.3 Å². The Bertz CT molecular complexity index is 1240. The summed E-state index contributed by atoms with van der Waals surface area (Å²) in [7, 11) is 0. The van der Waals surface area contributed by atoms with Crippen LogP contribution in [0, 0.1) is 10.1 Å². The number of nitro benzene ring substituents is 1. The molecule has 0 saturated carbocycles. The monoisotopic (exact) mass is 469 g/mol. The van der Waals surface area contributed by atoms with Crippen LogP contribution in [0.4, 0.5) is 11.4 Å². The Labute approximate surface area is 197 Å². The lowest BCUT2D eigenvalue weighted by Crippen LogP contribution is -2.40. The number of fused-ring (bicyclic) bond motifs is 1. The number of piperidine rings is 1. The zero-order chi connectivity index (χ0) is 23.5. The molecule has 1 aliphatic rings. The third-order valence-electron chi connectivity index (χ3n) is 6.18. The Balaban J connectivity index is 1.32. The normalized spacial score (nSPS) is 15.1. The van der Waals surface area contributed by atoms with Crippen LogP contribution in [0.3, 0.4) is 0 Å². The maximum atomic E-state index is 12.9. The van der Waals surface area contributed by atoms with Gasteiger partial charge in [0.05, 0.1) is 16.0 Å². The van der Waals surface area contributed by atoms with E-state index < -0.39 is 4.92 Å². The molecule has 1 saturated heterocycles. The van der Waals surface area contributed by atoms with Gasteiger partial charge in [-0.2, -0.15) is 0 Å². The van der Waals surface area contributed by atoms with E-state index in [1.54, 1.807) is 16.7 Å². The van der Waals surface area contributed by atoms with Crippen LogP contribution >= 0.6 is 11.6 Å². The lowest BCUT2D eigenvalue weighted by molar-refractivity contribution is -0.384. The highest BCUT2D eigenvalue weighted by atomic mass is 35.5. The highest BCUT2D eigenvalue weighted by Crippen LogP contribution is 2.29. The van der Waals surface area contributed by atoms with Crippen LogP contribution in [0.25, 0.3) is 16.7 Å². The molecule has 1 aromatic heterocycles. The number of hydrogen-bond acceptors (Lipinski definition) is 5. The van der Waals surface area contributed by atoms with Gasteiger partial charge in [-0.05, 0) is 57.0 Å². The van der Waals surface area contributed by atoms with Crippen molar-refractivity contribution in [3.05, 3.63) is 74.7 Å². The van der Waals surface area contributed by atoms with Crippen molar-refractivity contribution in [1.82, 2.24) is 14.0 Å². The standard InChI is InChI=1S/C24H28ClN5O3/c1-17(2)29-22-7-4-3-6-21(22)28(24(29)31)13-5-12-27-14-10-19(11-15-27)26-20-9-8-18(25)16-23(20)30(32)33/h3-4,6-9,16,19,26H,1,5,10-15H2,2H3. The minimum atomic E-state index is -0.407. The number of anilines is 1. The van der Waals surface area contributed by atoms with Crippen molar-refractivity contribution in [3.63, 3.8) is 0 Å². The van der Waals surface area contributed by atoms with Crippen LogP contribution in [0.2, 0.25) is 5.02 Å². The molecule has 0 atom stereocenters. The number of imidazole rings is 1. The van der Waals surface area contributed by atoms with Crippen molar-refractivity contribution >= 4 is 39.7 Å². The first-order valence-corrected chi connectivity index (χ1v) is 11.5. The molecular formula is C24H28ClN5O3. The average Bonchev–Trinajstić information content (AvgIpc) is 3.07. The van der Waals surface area contributed by atoms with Crippen LogP contribution in [0.15, 0.2) is 53.8 Å². The summed E-state index contributed by atoms with van der Waals surface area (Å²) in [6.07, 6.45) is 2.66. The molecule has 2 aromatic carbocycles. The minimum absolute atomic E-state index is 0.00398. The second kappa shape index (κ2) is 9.80. The van der Waals surface area contributed by atoms with Crippen molar-refractivity contribution in [2.75, 3.05) is 25.0 Å². The molecule has 33 heavy (non-hydrogen) atoms. The number of aromatic nitrogens is 2. The number of rotatable bonds is 8. The van der Waals surface area contributed by atoms with Gasteiger partial charge >= 0.3 is 5.69 Å². The molecule has 0 spiro atoms. The lowest BCUT2D eigenvalue weighted by Gasteiger charge is -2.32. The van der Waals surface area contributed by atoms with E-state index in [0.717, 1.165) is 49.9 Å². The predicted molar refractivity (Wildman–Crippen MR) is 133 cm³/mol. The molecule has 0 unspecified atom stereocenters. The third kappa shape index (κ3) is 4.96. The summed E-state index contributed by atoms with van der Waals surface area (Å²) in [5, 5.41) is 15.0. The van der Waals surface area contributed by atoms with E-state index in [2.05, 4.69) is 16.8 Å². The van der Waals surface area contributed by atoms with Crippen LogP contribution in [0.1, 0.15) is 26.2 Å². The van der Waals surface area contributed by atoms with Gasteiger partial charge < -0.3 is 10.2 Å². The largest absolute Gasteiger partial charge is 0.377 e. The minimum Gasteiger partial charge on any atom is -0.377 e. The number of aryl methyl sites for hydroxylation is 1. The van der Waals surface area contributed by atoms with Crippen molar-refractivity contribution in [2.24, 2.45) is 0 Å². The van der Waals surface area contributed by atoms with E-state index in [1.165, 1.54) is 6.07 Å². The molecule has 0 aliphatic carbocycles. The molecule has 0 bridgehead atoms. The van der Waals surface area contributed by atoms with E-state index >= 15 is 0 Å². The first-order valence-electron chi connectivity index (χ1n) is 11.1. The van der Waals surface area contributed by atoms with Gasteiger partial charge in [0.2, 0.25) is 0 Å². The van der Waals surface area contributed by atoms with Crippen molar-refractivity contribution < 1.29 is 4.92 Å².